The molecule has 2 heterocycles. The van der Waals surface area contributed by atoms with Crippen molar-refractivity contribution >= 4 is 27.2 Å². The molecule has 3 rings (SSSR count). The number of aryl methyl sites for hydroxylation is 3. The Hall–Kier alpha value is -2.48. The Morgan fingerprint density at radius 3 is 2.70 bits per heavy atom. The van der Waals surface area contributed by atoms with Gasteiger partial charge in [-0.15, -0.1) is 0 Å². The number of nitrogens with one attached hydrogen (secondary N) is 2. The fraction of sp³-hybridized carbons (Fsp3) is 0.421. The number of hydrogen-bond acceptors (Lipinski definition) is 6. The molecule has 8 heteroatoms. The summed E-state index contributed by atoms with van der Waals surface area (Å²) in [6.07, 6.45) is 1.35. The van der Waals surface area contributed by atoms with E-state index in [0.29, 0.717) is 18.1 Å². The normalized spacial score (nSPS) is 18.3. The summed E-state index contributed by atoms with van der Waals surface area (Å²) in [5.41, 5.74) is 3.10. The van der Waals surface area contributed by atoms with E-state index in [2.05, 4.69) is 20.6 Å². The van der Waals surface area contributed by atoms with Crippen LogP contribution in [0.25, 0.3) is 0 Å². The van der Waals surface area contributed by atoms with Crippen LogP contribution in [-0.2, 0) is 16.3 Å². The number of hydrogen-bond donors (Lipinski definition) is 2. The van der Waals surface area contributed by atoms with Crippen LogP contribution in [0, 0.1) is 13.8 Å². The van der Waals surface area contributed by atoms with Crippen LogP contribution in [0.4, 0.5) is 11.5 Å². The molecule has 1 fully saturated rings. The number of rotatable bonds is 5. The summed E-state index contributed by atoms with van der Waals surface area (Å²) in [7, 11) is -2.99. The highest BCUT2D eigenvalue weighted by atomic mass is 32.2. The first kappa shape index (κ1) is 19.3. The zero-order valence-corrected chi connectivity index (χ0v) is 16.6. The van der Waals surface area contributed by atoms with Gasteiger partial charge in [0.25, 0.3) is 5.91 Å². The van der Waals surface area contributed by atoms with Crippen LogP contribution in [0.1, 0.15) is 40.8 Å². The van der Waals surface area contributed by atoms with Crippen molar-refractivity contribution in [1.82, 2.24) is 9.97 Å². The topological polar surface area (TPSA) is 101 Å². The van der Waals surface area contributed by atoms with Gasteiger partial charge < -0.3 is 10.6 Å². The zero-order valence-electron chi connectivity index (χ0n) is 15.7. The summed E-state index contributed by atoms with van der Waals surface area (Å²) >= 11 is 0. The van der Waals surface area contributed by atoms with Gasteiger partial charge in [-0.25, -0.2) is 18.4 Å². The first-order valence-corrected chi connectivity index (χ1v) is 10.8. The molecular formula is C19H24N4O3S. The van der Waals surface area contributed by atoms with E-state index < -0.39 is 9.84 Å². The van der Waals surface area contributed by atoms with Crippen molar-refractivity contribution in [2.45, 2.75) is 39.7 Å². The highest BCUT2D eigenvalue weighted by Gasteiger charge is 2.28. The third-order valence-corrected chi connectivity index (χ3v) is 6.40. The molecule has 0 radical (unpaired) electrons. The molecule has 1 atom stereocenters. The van der Waals surface area contributed by atoms with Crippen LogP contribution >= 0.6 is 0 Å². The molecule has 1 aromatic carbocycles. The number of nitrogens with zero attached hydrogens (tertiary/aromatic N) is 2. The van der Waals surface area contributed by atoms with Gasteiger partial charge in [-0.2, -0.15) is 0 Å². The molecule has 1 aromatic heterocycles. The second kappa shape index (κ2) is 7.64. The summed E-state index contributed by atoms with van der Waals surface area (Å²) in [4.78, 5) is 21.3. The number of amides is 1. The quantitative estimate of drug-likeness (QED) is 0.816. The van der Waals surface area contributed by atoms with Gasteiger partial charge in [-0.05, 0) is 37.8 Å². The van der Waals surface area contributed by atoms with Crippen molar-refractivity contribution in [2.75, 3.05) is 22.1 Å². The van der Waals surface area contributed by atoms with Crippen LogP contribution < -0.4 is 10.6 Å². The Balaban J connectivity index is 1.81. The average molecular weight is 388 g/mol. The minimum absolute atomic E-state index is 0.0840. The summed E-state index contributed by atoms with van der Waals surface area (Å²) in [5, 5.41) is 6.07. The molecule has 0 aliphatic carbocycles. The van der Waals surface area contributed by atoms with Gasteiger partial charge in [-0.1, -0.05) is 25.1 Å². The number of para-hydroxylation sites is 1. The lowest BCUT2D eigenvalue weighted by atomic mass is 10.1. The maximum Gasteiger partial charge on any atom is 0.274 e. The first-order valence-electron chi connectivity index (χ1n) is 9.00. The molecule has 144 valence electrons. The number of sulfone groups is 1. The monoisotopic (exact) mass is 388 g/mol. The second-order valence-electron chi connectivity index (χ2n) is 6.85. The predicted octanol–water partition coefficient (Wildman–Crippen LogP) is 2.51. The number of carbonyl (C=O) groups is 1. The van der Waals surface area contributed by atoms with Crippen molar-refractivity contribution in [2.24, 2.45) is 0 Å². The summed E-state index contributed by atoms with van der Waals surface area (Å²) in [5.74, 6) is 0.865. The zero-order chi connectivity index (χ0) is 19.6. The lowest BCUT2D eigenvalue weighted by Gasteiger charge is -2.15. The molecule has 1 amide bonds. The largest absolute Gasteiger partial charge is 0.366 e. The van der Waals surface area contributed by atoms with Crippen LogP contribution in [0.5, 0.6) is 0 Å². The predicted molar refractivity (Wildman–Crippen MR) is 106 cm³/mol. The smallest absolute Gasteiger partial charge is 0.274 e. The van der Waals surface area contributed by atoms with E-state index in [1.54, 1.807) is 13.0 Å². The summed E-state index contributed by atoms with van der Waals surface area (Å²) in [6.45, 7) is 5.70. The summed E-state index contributed by atoms with van der Waals surface area (Å²) in [6, 6.07) is 7.28. The third kappa shape index (κ3) is 4.63. The first-order chi connectivity index (χ1) is 12.8. The summed E-state index contributed by atoms with van der Waals surface area (Å²) < 4.78 is 23.3. The van der Waals surface area contributed by atoms with E-state index in [0.717, 1.165) is 23.2 Å². The number of benzene rings is 1. The lowest BCUT2D eigenvalue weighted by Crippen LogP contribution is -2.23. The van der Waals surface area contributed by atoms with E-state index in [4.69, 9.17) is 0 Å². The van der Waals surface area contributed by atoms with Crippen LogP contribution in [0.15, 0.2) is 24.3 Å². The molecule has 7 nitrogen and oxygen atoms in total. The van der Waals surface area contributed by atoms with Gasteiger partial charge in [0.1, 0.15) is 17.3 Å². The molecule has 0 saturated carbocycles. The molecule has 1 aliphatic heterocycles. The molecule has 2 N–H and O–H groups in total. The van der Waals surface area contributed by atoms with Gasteiger partial charge in [0.15, 0.2) is 9.84 Å². The molecule has 2 aromatic rings. The Bertz CT molecular complexity index is 973. The lowest BCUT2D eigenvalue weighted by molar-refractivity contribution is 0.102. The van der Waals surface area contributed by atoms with Crippen molar-refractivity contribution < 1.29 is 13.2 Å². The molecule has 0 bridgehead atoms. The standard InChI is InChI=1S/C19H24N4O3S/c1-4-14-7-5-6-12(2)18(14)23-19(24)16-10-17(21-13(3)20-16)22-15-8-9-27(25,26)11-15/h5-7,10,15H,4,8-9,11H2,1-3H3,(H,23,24)(H,20,21,22). The van der Waals surface area contributed by atoms with Crippen LogP contribution in [0.3, 0.4) is 0 Å². The van der Waals surface area contributed by atoms with Crippen molar-refractivity contribution in [3.8, 4) is 0 Å². The van der Waals surface area contributed by atoms with Gasteiger partial charge in [-0.3, -0.25) is 4.79 Å². The fourth-order valence-electron chi connectivity index (χ4n) is 3.26. The molecule has 1 saturated heterocycles. The molecule has 1 aliphatic rings. The van der Waals surface area contributed by atoms with Gasteiger partial charge >= 0.3 is 0 Å². The fourth-order valence-corrected chi connectivity index (χ4v) is 4.93. The minimum Gasteiger partial charge on any atom is -0.366 e. The van der Waals surface area contributed by atoms with Gasteiger partial charge in [0.2, 0.25) is 0 Å². The van der Waals surface area contributed by atoms with E-state index in [9.17, 15) is 13.2 Å². The molecule has 1 unspecified atom stereocenters. The Kier molecular flexibility index (Phi) is 5.46. The van der Waals surface area contributed by atoms with Crippen molar-refractivity contribution in [1.29, 1.82) is 0 Å². The van der Waals surface area contributed by atoms with E-state index in [1.165, 1.54) is 0 Å². The van der Waals surface area contributed by atoms with Crippen molar-refractivity contribution in [3.63, 3.8) is 0 Å². The maximum atomic E-state index is 12.8. The highest BCUT2D eigenvalue weighted by Crippen LogP contribution is 2.22. The van der Waals surface area contributed by atoms with Crippen LogP contribution in [0.2, 0.25) is 0 Å². The van der Waals surface area contributed by atoms with Crippen LogP contribution in [-0.4, -0.2) is 41.8 Å². The SMILES string of the molecule is CCc1cccc(C)c1NC(=O)c1cc(NC2CCS(=O)(=O)C2)nc(C)n1. The minimum atomic E-state index is -2.99. The average Bonchev–Trinajstić information content (AvgIpc) is 2.94. The Morgan fingerprint density at radius 2 is 2.04 bits per heavy atom. The number of carbonyl (C=O) groups excluding carboxylic acids is 1. The molecule has 27 heavy (non-hydrogen) atoms. The molecular weight excluding hydrogens is 364 g/mol. The van der Waals surface area contributed by atoms with E-state index >= 15 is 0 Å². The maximum absolute atomic E-state index is 12.8. The van der Waals surface area contributed by atoms with E-state index in [1.807, 2.05) is 32.0 Å². The Morgan fingerprint density at radius 1 is 1.26 bits per heavy atom. The third-order valence-electron chi connectivity index (χ3n) is 4.63. The van der Waals surface area contributed by atoms with Gasteiger partial charge in [0, 0.05) is 17.8 Å². The van der Waals surface area contributed by atoms with Gasteiger partial charge in [0.05, 0.1) is 11.5 Å². The Labute approximate surface area is 159 Å². The number of anilines is 2. The molecule has 0 spiro atoms. The second-order valence-corrected chi connectivity index (χ2v) is 9.08. The van der Waals surface area contributed by atoms with E-state index in [-0.39, 0.29) is 29.1 Å². The highest BCUT2D eigenvalue weighted by molar-refractivity contribution is 7.91. The van der Waals surface area contributed by atoms with Crippen molar-refractivity contribution in [3.05, 3.63) is 46.9 Å². The number of aromatic nitrogens is 2.